The molecule has 0 radical (unpaired) electrons. The molecule has 0 spiro atoms. The molecule has 3 heterocycles. The largest absolute Gasteiger partial charge is 0.315 e. The van der Waals surface area contributed by atoms with Crippen LogP contribution in [0.25, 0.3) is 17.0 Å². The van der Waals surface area contributed by atoms with Gasteiger partial charge in [0.1, 0.15) is 5.52 Å². The zero-order valence-corrected chi connectivity index (χ0v) is 11.9. The highest BCUT2D eigenvalue weighted by atomic mass is 15.5. The molecule has 0 amide bonds. The fourth-order valence-electron chi connectivity index (χ4n) is 2.47. The minimum Gasteiger partial charge on any atom is -0.315 e. The van der Waals surface area contributed by atoms with Crippen LogP contribution in [-0.4, -0.2) is 29.5 Å². The number of imidazole rings is 1. The maximum atomic E-state index is 4.42. The lowest BCUT2D eigenvalue weighted by molar-refractivity contribution is 0.638. The molecule has 4 rings (SSSR count). The Labute approximate surface area is 127 Å². The van der Waals surface area contributed by atoms with E-state index in [1.165, 1.54) is 0 Å². The van der Waals surface area contributed by atoms with E-state index in [1.807, 2.05) is 54.9 Å². The quantitative estimate of drug-likeness (QED) is 0.578. The van der Waals surface area contributed by atoms with Crippen LogP contribution in [0.1, 0.15) is 5.69 Å². The minimum absolute atomic E-state index is 0.768. The summed E-state index contributed by atoms with van der Waals surface area (Å²) in [7, 11) is 0. The van der Waals surface area contributed by atoms with Gasteiger partial charge in [-0.2, -0.15) is 4.68 Å². The van der Waals surface area contributed by atoms with E-state index >= 15 is 0 Å². The monoisotopic (exact) mass is 290 g/mol. The molecule has 108 valence electrons. The Hall–Kier alpha value is -3.02. The fourth-order valence-corrected chi connectivity index (χ4v) is 2.47. The Morgan fingerprint density at radius 1 is 0.909 bits per heavy atom. The average molecular weight is 290 g/mol. The van der Waals surface area contributed by atoms with Crippen LogP contribution in [-0.2, 0) is 13.0 Å². The summed E-state index contributed by atoms with van der Waals surface area (Å²) in [5.41, 5.74) is 2.88. The van der Waals surface area contributed by atoms with Crippen molar-refractivity contribution >= 4 is 11.0 Å². The van der Waals surface area contributed by atoms with Gasteiger partial charge < -0.3 is 4.57 Å². The standard InChI is InChI=1S/C16H14N6/c1-2-7-15-14(6-1)19-20-22(15)16-18-10-12-21(16)11-8-13-5-3-4-9-17-13/h1-7,9-10,12H,8,11H2. The van der Waals surface area contributed by atoms with Gasteiger partial charge in [0.15, 0.2) is 0 Å². The van der Waals surface area contributed by atoms with Crippen molar-refractivity contribution in [3.63, 3.8) is 0 Å². The van der Waals surface area contributed by atoms with Crippen LogP contribution >= 0.6 is 0 Å². The summed E-state index contributed by atoms with van der Waals surface area (Å²) in [5.74, 6) is 0.768. The third-order valence-corrected chi connectivity index (χ3v) is 3.57. The molecule has 0 atom stereocenters. The summed E-state index contributed by atoms with van der Waals surface area (Å²) < 4.78 is 3.84. The highest BCUT2D eigenvalue weighted by Gasteiger charge is 2.11. The maximum absolute atomic E-state index is 4.42. The molecule has 0 fully saturated rings. The number of para-hydroxylation sites is 1. The number of pyridine rings is 1. The molecule has 0 saturated heterocycles. The van der Waals surface area contributed by atoms with E-state index in [0.29, 0.717) is 0 Å². The lowest BCUT2D eigenvalue weighted by Crippen LogP contribution is -2.10. The van der Waals surface area contributed by atoms with Gasteiger partial charge in [-0.3, -0.25) is 4.98 Å². The van der Waals surface area contributed by atoms with Crippen molar-refractivity contribution in [3.05, 3.63) is 66.7 Å². The number of nitrogens with zero attached hydrogens (tertiary/aromatic N) is 6. The van der Waals surface area contributed by atoms with Crippen molar-refractivity contribution < 1.29 is 0 Å². The molecule has 3 aromatic heterocycles. The van der Waals surface area contributed by atoms with Gasteiger partial charge in [-0.15, -0.1) is 5.10 Å². The number of fused-ring (bicyclic) bond motifs is 1. The normalized spacial score (nSPS) is 11.1. The van der Waals surface area contributed by atoms with E-state index in [4.69, 9.17) is 0 Å². The summed E-state index contributed by atoms with van der Waals surface area (Å²) in [6.07, 6.45) is 6.39. The van der Waals surface area contributed by atoms with E-state index in [-0.39, 0.29) is 0 Å². The van der Waals surface area contributed by atoms with E-state index in [1.54, 1.807) is 10.9 Å². The average Bonchev–Trinajstić information content (AvgIpc) is 3.20. The first kappa shape index (κ1) is 12.7. The second kappa shape index (κ2) is 5.40. The van der Waals surface area contributed by atoms with Crippen molar-refractivity contribution in [2.24, 2.45) is 0 Å². The van der Waals surface area contributed by atoms with Crippen LogP contribution < -0.4 is 0 Å². The fraction of sp³-hybridized carbons (Fsp3) is 0.125. The molecule has 0 aliphatic heterocycles. The van der Waals surface area contributed by atoms with Crippen molar-refractivity contribution in [3.8, 4) is 5.95 Å². The second-order valence-electron chi connectivity index (χ2n) is 4.98. The molecular weight excluding hydrogens is 276 g/mol. The highest BCUT2D eigenvalue weighted by molar-refractivity contribution is 5.75. The smallest absolute Gasteiger partial charge is 0.232 e. The van der Waals surface area contributed by atoms with Gasteiger partial charge in [-0.25, -0.2) is 4.98 Å². The van der Waals surface area contributed by atoms with Gasteiger partial charge in [0.05, 0.1) is 5.52 Å². The number of aromatic nitrogens is 6. The van der Waals surface area contributed by atoms with Gasteiger partial charge in [0, 0.05) is 37.3 Å². The van der Waals surface area contributed by atoms with Crippen LogP contribution in [0.15, 0.2) is 61.1 Å². The molecule has 0 unspecified atom stereocenters. The SMILES string of the molecule is c1ccc(CCn2ccnc2-n2nnc3ccccc32)nc1. The zero-order chi connectivity index (χ0) is 14.8. The highest BCUT2D eigenvalue weighted by Crippen LogP contribution is 2.15. The molecule has 0 N–H and O–H groups in total. The maximum Gasteiger partial charge on any atom is 0.232 e. The summed E-state index contributed by atoms with van der Waals surface area (Å²) >= 11 is 0. The Kier molecular flexibility index (Phi) is 3.12. The molecule has 0 saturated carbocycles. The predicted octanol–water partition coefficient (Wildman–Crippen LogP) is 2.25. The van der Waals surface area contributed by atoms with Crippen LogP contribution in [0, 0.1) is 0 Å². The Morgan fingerprint density at radius 2 is 1.82 bits per heavy atom. The zero-order valence-electron chi connectivity index (χ0n) is 11.9. The van der Waals surface area contributed by atoms with Crippen molar-refractivity contribution in [2.75, 3.05) is 0 Å². The van der Waals surface area contributed by atoms with Crippen molar-refractivity contribution in [2.45, 2.75) is 13.0 Å². The lowest BCUT2D eigenvalue weighted by Gasteiger charge is -2.07. The van der Waals surface area contributed by atoms with Gasteiger partial charge >= 0.3 is 0 Å². The summed E-state index contributed by atoms with van der Waals surface area (Å²) in [4.78, 5) is 8.78. The number of hydrogen-bond acceptors (Lipinski definition) is 4. The van der Waals surface area contributed by atoms with E-state index in [2.05, 4.69) is 24.8 Å². The first-order valence-corrected chi connectivity index (χ1v) is 7.14. The number of rotatable bonds is 4. The van der Waals surface area contributed by atoms with Gasteiger partial charge in [-0.05, 0) is 24.3 Å². The van der Waals surface area contributed by atoms with Gasteiger partial charge in [0.2, 0.25) is 5.95 Å². The van der Waals surface area contributed by atoms with Crippen LogP contribution in [0.5, 0.6) is 0 Å². The Balaban J connectivity index is 1.65. The van der Waals surface area contributed by atoms with E-state index in [0.717, 1.165) is 35.6 Å². The lowest BCUT2D eigenvalue weighted by atomic mass is 10.3. The molecule has 0 aliphatic carbocycles. The van der Waals surface area contributed by atoms with Crippen LogP contribution in [0.4, 0.5) is 0 Å². The molecule has 0 bridgehead atoms. The topological polar surface area (TPSA) is 61.4 Å². The molecule has 4 aromatic rings. The number of benzene rings is 1. The summed E-state index contributed by atoms with van der Waals surface area (Å²) in [6.45, 7) is 0.792. The molecule has 6 heteroatoms. The first-order chi connectivity index (χ1) is 10.9. The molecule has 22 heavy (non-hydrogen) atoms. The van der Waals surface area contributed by atoms with Crippen LogP contribution in [0.3, 0.4) is 0 Å². The third kappa shape index (κ3) is 2.24. The molecule has 6 nitrogen and oxygen atoms in total. The van der Waals surface area contributed by atoms with E-state index < -0.39 is 0 Å². The molecule has 1 aromatic carbocycles. The Bertz CT molecular complexity index is 893. The minimum atomic E-state index is 0.768. The van der Waals surface area contributed by atoms with E-state index in [9.17, 15) is 0 Å². The van der Waals surface area contributed by atoms with Gasteiger partial charge in [-0.1, -0.05) is 23.4 Å². The summed E-state index contributed by atoms with van der Waals surface area (Å²) in [5, 5.41) is 8.40. The molecular formula is C16H14N6. The number of hydrogen-bond donors (Lipinski definition) is 0. The number of aryl methyl sites for hydroxylation is 2. The predicted molar refractivity (Wildman–Crippen MR) is 82.6 cm³/mol. The second-order valence-corrected chi connectivity index (χ2v) is 4.98. The van der Waals surface area contributed by atoms with Crippen LogP contribution in [0.2, 0.25) is 0 Å². The van der Waals surface area contributed by atoms with Gasteiger partial charge in [0.25, 0.3) is 0 Å². The summed E-state index contributed by atoms with van der Waals surface area (Å²) in [6, 6.07) is 13.8. The Morgan fingerprint density at radius 3 is 2.73 bits per heavy atom. The van der Waals surface area contributed by atoms with Crippen molar-refractivity contribution in [1.29, 1.82) is 0 Å². The first-order valence-electron chi connectivity index (χ1n) is 7.14. The third-order valence-electron chi connectivity index (χ3n) is 3.57. The van der Waals surface area contributed by atoms with Crippen molar-refractivity contribution in [1.82, 2.24) is 29.5 Å². The molecule has 0 aliphatic rings.